The molecule has 3 rings (SSSR count). The van der Waals surface area contributed by atoms with E-state index in [4.69, 9.17) is 16.3 Å². The van der Waals surface area contributed by atoms with E-state index in [1.165, 1.54) is 18.3 Å². The molecule has 2 N–H and O–H groups in total. The molecule has 0 spiro atoms. The van der Waals surface area contributed by atoms with Gasteiger partial charge in [0.1, 0.15) is 28.2 Å². The van der Waals surface area contributed by atoms with Crippen LogP contribution in [-0.2, 0) is 4.79 Å². The maximum absolute atomic E-state index is 12.3. The van der Waals surface area contributed by atoms with Gasteiger partial charge in [0, 0.05) is 23.6 Å². The van der Waals surface area contributed by atoms with Crippen LogP contribution in [0.4, 0.5) is 17.1 Å². The van der Waals surface area contributed by atoms with E-state index in [1.807, 2.05) is 30.3 Å². The Hall–Kier alpha value is -4.35. The molecule has 3 aromatic rings. The van der Waals surface area contributed by atoms with Crippen molar-refractivity contribution in [2.24, 2.45) is 0 Å². The number of anilines is 2. The highest BCUT2D eigenvalue weighted by atomic mass is 35.5. The van der Waals surface area contributed by atoms with Crippen molar-refractivity contribution in [3.8, 4) is 17.6 Å². The van der Waals surface area contributed by atoms with E-state index in [-0.39, 0.29) is 22.0 Å². The molecule has 0 aliphatic heterocycles. The van der Waals surface area contributed by atoms with Crippen molar-refractivity contribution in [3.05, 3.63) is 99.7 Å². The minimum absolute atomic E-state index is 0.0552. The zero-order valence-electron chi connectivity index (χ0n) is 15.9. The summed E-state index contributed by atoms with van der Waals surface area (Å²) >= 11 is 5.75. The van der Waals surface area contributed by atoms with Crippen LogP contribution in [-0.4, -0.2) is 10.8 Å². The number of nitriles is 1. The Kier molecular flexibility index (Phi) is 6.83. The van der Waals surface area contributed by atoms with Gasteiger partial charge in [0.25, 0.3) is 11.6 Å². The maximum atomic E-state index is 12.3. The molecular weight excluding hydrogens is 420 g/mol. The highest BCUT2D eigenvalue weighted by molar-refractivity contribution is 6.32. The minimum atomic E-state index is -0.726. The predicted molar refractivity (Wildman–Crippen MR) is 117 cm³/mol. The summed E-state index contributed by atoms with van der Waals surface area (Å²) in [5.74, 6) is 0.605. The Bertz CT molecular complexity index is 1170. The number of nitrogens with zero attached hydrogens (tertiary/aromatic N) is 2. The Morgan fingerprint density at radius 2 is 1.68 bits per heavy atom. The fourth-order valence-corrected chi connectivity index (χ4v) is 2.66. The molecule has 0 aliphatic carbocycles. The summed E-state index contributed by atoms with van der Waals surface area (Å²) in [6.07, 6.45) is 1.24. The Morgan fingerprint density at radius 1 is 1.03 bits per heavy atom. The number of amides is 1. The third-order valence-corrected chi connectivity index (χ3v) is 4.30. The number of ether oxygens (including phenoxy) is 1. The second-order valence-electron chi connectivity index (χ2n) is 6.13. The zero-order valence-corrected chi connectivity index (χ0v) is 16.7. The lowest BCUT2D eigenvalue weighted by atomic mass is 10.2. The fraction of sp³-hybridized carbons (Fsp3) is 0. The first-order valence-corrected chi connectivity index (χ1v) is 9.29. The van der Waals surface area contributed by atoms with Crippen LogP contribution in [0.15, 0.2) is 84.6 Å². The number of carbonyl (C=O) groups is 1. The van der Waals surface area contributed by atoms with Crippen LogP contribution in [0.3, 0.4) is 0 Å². The standard InChI is InChI=1S/C22H15ClN4O4/c23-20-11-8-17(12-21(20)27(29)30)26-22(28)15(13-24)14-25-16-6-9-19(10-7-16)31-18-4-2-1-3-5-18/h1-12,14,25H,(H,26,28)/b15-14-. The van der Waals surface area contributed by atoms with Crippen molar-refractivity contribution < 1.29 is 14.5 Å². The third-order valence-electron chi connectivity index (χ3n) is 3.98. The molecule has 0 heterocycles. The summed E-state index contributed by atoms with van der Waals surface area (Å²) in [6.45, 7) is 0. The number of rotatable bonds is 7. The number of nitro groups is 1. The van der Waals surface area contributed by atoms with E-state index in [9.17, 15) is 20.2 Å². The van der Waals surface area contributed by atoms with Crippen LogP contribution in [0, 0.1) is 21.4 Å². The fourth-order valence-electron chi connectivity index (χ4n) is 2.48. The first kappa shape index (κ1) is 21.4. The predicted octanol–water partition coefficient (Wildman–Crippen LogP) is 5.50. The number of hydrogen-bond acceptors (Lipinski definition) is 6. The van der Waals surface area contributed by atoms with Crippen molar-refractivity contribution >= 4 is 34.6 Å². The lowest BCUT2D eigenvalue weighted by molar-refractivity contribution is -0.384. The van der Waals surface area contributed by atoms with Crippen molar-refractivity contribution in [1.82, 2.24) is 0 Å². The second kappa shape index (κ2) is 9.91. The van der Waals surface area contributed by atoms with E-state index >= 15 is 0 Å². The molecule has 31 heavy (non-hydrogen) atoms. The molecule has 1 amide bonds. The molecule has 0 bridgehead atoms. The number of hydrogen-bond donors (Lipinski definition) is 2. The molecule has 9 heteroatoms. The molecule has 0 aliphatic rings. The SMILES string of the molecule is N#C/C(=C/Nc1ccc(Oc2ccccc2)cc1)C(=O)Nc1ccc(Cl)c([N+](=O)[O-])c1. The van der Waals surface area contributed by atoms with Crippen LogP contribution >= 0.6 is 11.6 Å². The highest BCUT2D eigenvalue weighted by Crippen LogP contribution is 2.27. The monoisotopic (exact) mass is 434 g/mol. The number of halogens is 1. The van der Waals surface area contributed by atoms with Gasteiger partial charge in [-0.15, -0.1) is 0 Å². The van der Waals surface area contributed by atoms with Gasteiger partial charge >= 0.3 is 0 Å². The number of nitro benzene ring substituents is 1. The van der Waals surface area contributed by atoms with Crippen molar-refractivity contribution in [3.63, 3.8) is 0 Å². The van der Waals surface area contributed by atoms with Crippen LogP contribution in [0.2, 0.25) is 5.02 Å². The zero-order chi connectivity index (χ0) is 22.2. The molecule has 8 nitrogen and oxygen atoms in total. The molecular formula is C22H15ClN4O4. The van der Waals surface area contributed by atoms with Gasteiger partial charge in [-0.2, -0.15) is 5.26 Å². The van der Waals surface area contributed by atoms with Crippen LogP contribution < -0.4 is 15.4 Å². The summed E-state index contributed by atoms with van der Waals surface area (Å²) in [5, 5.41) is 25.5. The Balaban J connectivity index is 1.65. The number of benzene rings is 3. The third kappa shape index (κ3) is 5.82. The maximum Gasteiger partial charge on any atom is 0.289 e. The van der Waals surface area contributed by atoms with Gasteiger partial charge < -0.3 is 15.4 Å². The highest BCUT2D eigenvalue weighted by Gasteiger charge is 2.15. The average molecular weight is 435 g/mol. The van der Waals surface area contributed by atoms with E-state index in [1.54, 1.807) is 30.3 Å². The molecule has 0 aromatic heterocycles. The number of para-hydroxylation sites is 1. The molecule has 0 fully saturated rings. The number of carbonyl (C=O) groups excluding carboxylic acids is 1. The molecule has 0 saturated heterocycles. The van der Waals surface area contributed by atoms with Crippen molar-refractivity contribution in [1.29, 1.82) is 5.26 Å². The van der Waals surface area contributed by atoms with Gasteiger partial charge in [0.2, 0.25) is 0 Å². The summed E-state index contributed by atoms with van der Waals surface area (Å²) in [6, 6.07) is 21.8. The molecule has 3 aromatic carbocycles. The summed E-state index contributed by atoms with van der Waals surface area (Å²) in [5.41, 5.74) is 0.202. The van der Waals surface area contributed by atoms with Gasteiger partial charge in [0.15, 0.2) is 0 Å². The summed E-state index contributed by atoms with van der Waals surface area (Å²) in [7, 11) is 0. The van der Waals surface area contributed by atoms with Gasteiger partial charge in [-0.25, -0.2) is 0 Å². The molecule has 0 saturated carbocycles. The largest absolute Gasteiger partial charge is 0.457 e. The van der Waals surface area contributed by atoms with Crippen LogP contribution in [0.1, 0.15) is 0 Å². The van der Waals surface area contributed by atoms with Gasteiger partial charge in [-0.3, -0.25) is 14.9 Å². The smallest absolute Gasteiger partial charge is 0.289 e. The topological polar surface area (TPSA) is 117 Å². The Labute approximate surface area is 182 Å². The first-order chi connectivity index (χ1) is 15.0. The lowest BCUT2D eigenvalue weighted by Gasteiger charge is -2.07. The summed E-state index contributed by atoms with van der Waals surface area (Å²) in [4.78, 5) is 22.6. The van der Waals surface area contributed by atoms with Crippen molar-refractivity contribution in [2.45, 2.75) is 0 Å². The van der Waals surface area contributed by atoms with Crippen molar-refractivity contribution in [2.75, 3.05) is 10.6 Å². The van der Waals surface area contributed by atoms with Crippen LogP contribution in [0.5, 0.6) is 11.5 Å². The van der Waals surface area contributed by atoms with Gasteiger partial charge in [0.05, 0.1) is 4.92 Å². The first-order valence-electron chi connectivity index (χ1n) is 8.91. The molecule has 154 valence electrons. The second-order valence-corrected chi connectivity index (χ2v) is 6.54. The summed E-state index contributed by atoms with van der Waals surface area (Å²) < 4.78 is 5.70. The van der Waals surface area contributed by atoms with E-state index in [2.05, 4.69) is 10.6 Å². The van der Waals surface area contributed by atoms with E-state index in [0.29, 0.717) is 17.2 Å². The van der Waals surface area contributed by atoms with E-state index in [0.717, 1.165) is 6.07 Å². The van der Waals surface area contributed by atoms with Gasteiger partial charge in [-0.1, -0.05) is 29.8 Å². The molecule has 0 radical (unpaired) electrons. The normalized spacial score (nSPS) is 10.6. The molecule has 0 unspecified atom stereocenters. The minimum Gasteiger partial charge on any atom is -0.457 e. The Morgan fingerprint density at radius 3 is 2.32 bits per heavy atom. The van der Waals surface area contributed by atoms with Crippen LogP contribution in [0.25, 0.3) is 0 Å². The lowest BCUT2D eigenvalue weighted by Crippen LogP contribution is -2.14. The molecule has 0 atom stereocenters. The van der Waals surface area contributed by atoms with E-state index < -0.39 is 10.8 Å². The average Bonchev–Trinajstić information content (AvgIpc) is 2.77. The quantitative estimate of drug-likeness (QED) is 0.219. The van der Waals surface area contributed by atoms with Gasteiger partial charge in [-0.05, 0) is 48.5 Å². The number of nitrogens with one attached hydrogen (secondary N) is 2.